The van der Waals surface area contributed by atoms with Crippen LogP contribution >= 0.6 is 0 Å². The number of rotatable bonds is 6. The Bertz CT molecular complexity index is 912. The van der Waals surface area contributed by atoms with Gasteiger partial charge in [0.15, 0.2) is 0 Å². The lowest BCUT2D eigenvalue weighted by atomic mass is 10.1. The molecule has 0 spiro atoms. The number of hydrogen-bond acceptors (Lipinski definition) is 4. The second-order valence-corrected chi connectivity index (χ2v) is 5.96. The van der Waals surface area contributed by atoms with Gasteiger partial charge in [-0.05, 0) is 55.3 Å². The molecule has 1 aromatic heterocycles. The SMILES string of the molecule is CC(NC(=O)NCCc1cccc(F)c1)c1nc(-c2ccc(F)cc2)no1. The standard InChI is InChI=1S/C19H18F2N4O2/c1-12(18-24-17(25-27-18)14-5-7-15(20)8-6-14)23-19(26)22-10-9-13-3-2-4-16(21)11-13/h2-8,11-12H,9-10H2,1H3,(H2,22,23,26). The predicted octanol–water partition coefficient (Wildman–Crippen LogP) is 3.62. The maximum absolute atomic E-state index is 13.1. The molecule has 0 aliphatic carbocycles. The minimum atomic E-state index is -0.513. The molecule has 3 rings (SSSR count). The van der Waals surface area contributed by atoms with Crippen molar-refractivity contribution in [2.45, 2.75) is 19.4 Å². The number of nitrogens with one attached hydrogen (secondary N) is 2. The van der Waals surface area contributed by atoms with Crippen molar-refractivity contribution in [3.8, 4) is 11.4 Å². The Balaban J connectivity index is 1.50. The fourth-order valence-electron chi connectivity index (χ4n) is 2.45. The van der Waals surface area contributed by atoms with Gasteiger partial charge in [0.05, 0.1) is 0 Å². The third-order valence-corrected chi connectivity index (χ3v) is 3.85. The molecule has 0 aliphatic heterocycles. The van der Waals surface area contributed by atoms with E-state index in [1.54, 1.807) is 31.2 Å². The van der Waals surface area contributed by atoms with E-state index >= 15 is 0 Å². The van der Waals surface area contributed by atoms with Gasteiger partial charge in [0, 0.05) is 12.1 Å². The van der Waals surface area contributed by atoms with Gasteiger partial charge in [0.2, 0.25) is 11.7 Å². The van der Waals surface area contributed by atoms with Crippen molar-refractivity contribution < 1.29 is 18.1 Å². The molecule has 0 aliphatic rings. The molecule has 27 heavy (non-hydrogen) atoms. The van der Waals surface area contributed by atoms with Crippen LogP contribution in [0.2, 0.25) is 0 Å². The van der Waals surface area contributed by atoms with Gasteiger partial charge in [-0.2, -0.15) is 4.98 Å². The van der Waals surface area contributed by atoms with Crippen LogP contribution in [0.15, 0.2) is 53.1 Å². The quantitative estimate of drug-likeness (QED) is 0.693. The summed E-state index contributed by atoms with van der Waals surface area (Å²) in [6, 6.07) is 11.0. The van der Waals surface area contributed by atoms with Crippen LogP contribution in [-0.2, 0) is 6.42 Å². The number of amides is 2. The van der Waals surface area contributed by atoms with Crippen molar-refractivity contribution >= 4 is 6.03 Å². The molecule has 0 fully saturated rings. The number of carbonyl (C=O) groups is 1. The second-order valence-electron chi connectivity index (χ2n) is 5.96. The summed E-state index contributed by atoms with van der Waals surface area (Å²) in [7, 11) is 0. The number of halogens is 2. The maximum Gasteiger partial charge on any atom is 0.315 e. The van der Waals surface area contributed by atoms with Crippen molar-refractivity contribution in [3.63, 3.8) is 0 Å². The van der Waals surface area contributed by atoms with Gasteiger partial charge in [-0.15, -0.1) is 0 Å². The molecule has 8 heteroatoms. The number of urea groups is 1. The highest BCUT2D eigenvalue weighted by Gasteiger charge is 2.17. The summed E-state index contributed by atoms with van der Waals surface area (Å²) in [6.07, 6.45) is 0.509. The molecule has 1 atom stereocenters. The van der Waals surface area contributed by atoms with E-state index in [4.69, 9.17) is 4.52 Å². The largest absolute Gasteiger partial charge is 0.338 e. The van der Waals surface area contributed by atoms with E-state index in [0.29, 0.717) is 24.4 Å². The van der Waals surface area contributed by atoms with Gasteiger partial charge in [-0.1, -0.05) is 17.3 Å². The summed E-state index contributed by atoms with van der Waals surface area (Å²) < 4.78 is 31.2. The second kappa shape index (κ2) is 8.39. The zero-order chi connectivity index (χ0) is 19.2. The highest BCUT2D eigenvalue weighted by Crippen LogP contribution is 2.18. The molecule has 6 nitrogen and oxygen atoms in total. The summed E-state index contributed by atoms with van der Waals surface area (Å²) in [6.45, 7) is 2.06. The molecule has 0 radical (unpaired) electrons. The minimum Gasteiger partial charge on any atom is -0.338 e. The van der Waals surface area contributed by atoms with Gasteiger partial charge >= 0.3 is 6.03 Å². The van der Waals surface area contributed by atoms with Gasteiger partial charge in [-0.3, -0.25) is 0 Å². The first-order chi connectivity index (χ1) is 13.0. The topological polar surface area (TPSA) is 80.0 Å². The van der Waals surface area contributed by atoms with Gasteiger partial charge in [0.1, 0.15) is 17.7 Å². The van der Waals surface area contributed by atoms with E-state index in [1.165, 1.54) is 24.3 Å². The fourth-order valence-corrected chi connectivity index (χ4v) is 2.45. The number of carbonyl (C=O) groups excluding carboxylic acids is 1. The van der Waals surface area contributed by atoms with E-state index in [9.17, 15) is 13.6 Å². The molecule has 0 saturated heterocycles. The molecule has 2 N–H and O–H groups in total. The summed E-state index contributed by atoms with van der Waals surface area (Å²) in [5.74, 6) is -0.119. The fraction of sp³-hybridized carbons (Fsp3) is 0.211. The van der Waals surface area contributed by atoms with Crippen LogP contribution in [0, 0.1) is 11.6 Å². The average molecular weight is 372 g/mol. The average Bonchev–Trinajstić information content (AvgIpc) is 3.12. The minimum absolute atomic E-state index is 0.231. The Morgan fingerprint density at radius 2 is 1.93 bits per heavy atom. The van der Waals surface area contributed by atoms with Crippen LogP contribution in [0.3, 0.4) is 0 Å². The summed E-state index contributed by atoms with van der Waals surface area (Å²) in [5.41, 5.74) is 1.40. The van der Waals surface area contributed by atoms with Crippen LogP contribution < -0.4 is 10.6 Å². The summed E-state index contributed by atoms with van der Waals surface area (Å²) in [4.78, 5) is 16.2. The first kappa shape index (κ1) is 18.5. The molecular formula is C19H18F2N4O2. The molecule has 1 unspecified atom stereocenters. The molecule has 0 saturated carbocycles. The van der Waals surface area contributed by atoms with E-state index in [-0.39, 0.29) is 17.5 Å². The number of aromatic nitrogens is 2. The van der Waals surface area contributed by atoms with E-state index in [0.717, 1.165) is 5.56 Å². The Morgan fingerprint density at radius 1 is 1.15 bits per heavy atom. The van der Waals surface area contributed by atoms with Gasteiger partial charge < -0.3 is 15.2 Å². The van der Waals surface area contributed by atoms with E-state index < -0.39 is 12.1 Å². The summed E-state index contributed by atoms with van der Waals surface area (Å²) >= 11 is 0. The lowest BCUT2D eigenvalue weighted by Gasteiger charge is -2.11. The zero-order valence-electron chi connectivity index (χ0n) is 14.6. The van der Waals surface area contributed by atoms with Crippen LogP contribution in [-0.4, -0.2) is 22.7 Å². The lowest BCUT2D eigenvalue weighted by molar-refractivity contribution is 0.234. The third-order valence-electron chi connectivity index (χ3n) is 3.85. The molecule has 140 valence electrons. The number of benzene rings is 2. The highest BCUT2D eigenvalue weighted by molar-refractivity contribution is 5.74. The molecular weight excluding hydrogens is 354 g/mol. The van der Waals surface area contributed by atoms with Crippen molar-refractivity contribution in [3.05, 3.63) is 71.6 Å². The molecule has 2 amide bonds. The first-order valence-electron chi connectivity index (χ1n) is 8.39. The van der Waals surface area contributed by atoms with Gasteiger partial charge in [0.25, 0.3) is 0 Å². The normalized spacial score (nSPS) is 11.8. The Labute approximate surface area is 154 Å². The molecule has 2 aromatic carbocycles. The third kappa shape index (κ3) is 5.10. The maximum atomic E-state index is 13.1. The predicted molar refractivity (Wildman–Crippen MR) is 94.7 cm³/mol. The van der Waals surface area contributed by atoms with E-state index in [2.05, 4.69) is 20.8 Å². The lowest BCUT2D eigenvalue weighted by Crippen LogP contribution is -2.38. The number of hydrogen-bond donors (Lipinski definition) is 2. The Hall–Kier alpha value is -3.29. The van der Waals surface area contributed by atoms with Crippen molar-refractivity contribution in [2.75, 3.05) is 6.54 Å². The smallest absolute Gasteiger partial charge is 0.315 e. The summed E-state index contributed by atoms with van der Waals surface area (Å²) in [5, 5.41) is 9.22. The van der Waals surface area contributed by atoms with Crippen LogP contribution in [0.1, 0.15) is 24.4 Å². The van der Waals surface area contributed by atoms with Crippen LogP contribution in [0.5, 0.6) is 0 Å². The van der Waals surface area contributed by atoms with Crippen LogP contribution in [0.4, 0.5) is 13.6 Å². The van der Waals surface area contributed by atoms with Crippen molar-refractivity contribution in [1.82, 2.24) is 20.8 Å². The van der Waals surface area contributed by atoms with E-state index in [1.807, 2.05) is 0 Å². The Kier molecular flexibility index (Phi) is 5.75. The van der Waals surface area contributed by atoms with Crippen molar-refractivity contribution in [1.29, 1.82) is 0 Å². The first-order valence-corrected chi connectivity index (χ1v) is 8.39. The monoisotopic (exact) mass is 372 g/mol. The Morgan fingerprint density at radius 3 is 2.67 bits per heavy atom. The molecule has 3 aromatic rings. The van der Waals surface area contributed by atoms with Crippen molar-refractivity contribution in [2.24, 2.45) is 0 Å². The molecule has 0 bridgehead atoms. The zero-order valence-corrected chi connectivity index (χ0v) is 14.6. The highest BCUT2D eigenvalue weighted by atomic mass is 19.1. The van der Waals surface area contributed by atoms with Gasteiger partial charge in [-0.25, -0.2) is 13.6 Å². The number of nitrogens with zero attached hydrogens (tertiary/aromatic N) is 2. The van der Waals surface area contributed by atoms with Crippen LogP contribution in [0.25, 0.3) is 11.4 Å². The molecule has 1 heterocycles.